The summed E-state index contributed by atoms with van der Waals surface area (Å²) < 4.78 is 14.6. The molecular weight excluding hydrogens is 286 g/mol. The van der Waals surface area contributed by atoms with Gasteiger partial charge >= 0.3 is 0 Å². The van der Waals surface area contributed by atoms with E-state index in [4.69, 9.17) is 26.3 Å². The molecule has 2 rings (SSSR count). The molecule has 19 heavy (non-hydrogen) atoms. The molecular formula is C12H10ClN3O2S. The van der Waals surface area contributed by atoms with Crippen LogP contribution in [0.15, 0.2) is 18.2 Å². The highest BCUT2D eigenvalue weighted by atomic mass is 35.5. The fourth-order valence-electron chi connectivity index (χ4n) is 1.33. The lowest BCUT2D eigenvalue weighted by Gasteiger charge is -2.02. The first-order chi connectivity index (χ1) is 9.22. The van der Waals surface area contributed by atoms with Gasteiger partial charge in [0.2, 0.25) is 0 Å². The van der Waals surface area contributed by atoms with Crippen molar-refractivity contribution in [2.24, 2.45) is 0 Å². The Bertz CT molecular complexity index is 609. The lowest BCUT2D eigenvalue weighted by Crippen LogP contribution is -1.96. The van der Waals surface area contributed by atoms with Crippen molar-refractivity contribution >= 4 is 23.1 Å². The molecule has 7 heteroatoms. The molecule has 98 valence electrons. The van der Waals surface area contributed by atoms with Crippen LogP contribution >= 0.6 is 23.1 Å². The maximum absolute atomic E-state index is 8.78. The molecule has 0 aliphatic rings. The van der Waals surface area contributed by atoms with Crippen molar-refractivity contribution in [1.82, 2.24) is 9.36 Å². The van der Waals surface area contributed by atoms with Crippen molar-refractivity contribution in [2.45, 2.75) is 6.42 Å². The average Bonchev–Trinajstić information content (AvgIpc) is 2.84. The molecule has 0 amide bonds. The first kappa shape index (κ1) is 13.7. The number of rotatable bonds is 5. The van der Waals surface area contributed by atoms with Crippen LogP contribution in [0.25, 0.3) is 0 Å². The maximum atomic E-state index is 8.78. The molecule has 0 aliphatic heterocycles. The quantitative estimate of drug-likeness (QED) is 0.848. The van der Waals surface area contributed by atoms with Crippen LogP contribution in [-0.4, -0.2) is 23.1 Å². The Morgan fingerprint density at radius 2 is 2.32 bits per heavy atom. The molecule has 0 fully saturated rings. The summed E-state index contributed by atoms with van der Waals surface area (Å²) in [6.45, 7) is 0.568. The molecule has 0 atom stereocenters. The standard InChI is InChI=1S/C12H10ClN3O2S/c1-17-5-4-11-15-12(19-16-11)18-9-3-2-8(7-14)10(13)6-9/h2-3,6H,4-5H2,1H3. The molecule has 0 spiro atoms. The Kier molecular flexibility index (Phi) is 4.68. The third-order valence-electron chi connectivity index (χ3n) is 2.25. The predicted octanol–water partition coefficient (Wildman–Crippen LogP) is 3.04. The number of ether oxygens (including phenoxy) is 2. The maximum Gasteiger partial charge on any atom is 0.298 e. The van der Waals surface area contributed by atoms with E-state index in [1.165, 1.54) is 0 Å². The van der Waals surface area contributed by atoms with E-state index in [-0.39, 0.29) is 0 Å². The molecule has 1 aromatic heterocycles. The molecule has 2 aromatic rings. The van der Waals surface area contributed by atoms with E-state index < -0.39 is 0 Å². The van der Waals surface area contributed by atoms with Crippen LogP contribution in [0.5, 0.6) is 10.9 Å². The zero-order valence-electron chi connectivity index (χ0n) is 10.1. The van der Waals surface area contributed by atoms with Gasteiger partial charge in [-0.2, -0.15) is 14.6 Å². The topological polar surface area (TPSA) is 68.0 Å². The van der Waals surface area contributed by atoms with E-state index in [2.05, 4.69) is 9.36 Å². The van der Waals surface area contributed by atoms with Crippen LogP contribution in [0.2, 0.25) is 5.02 Å². The predicted molar refractivity (Wildman–Crippen MR) is 71.7 cm³/mol. The van der Waals surface area contributed by atoms with E-state index in [9.17, 15) is 0 Å². The number of nitriles is 1. The highest BCUT2D eigenvalue weighted by molar-refractivity contribution is 7.07. The van der Waals surface area contributed by atoms with Crippen LogP contribution in [0.4, 0.5) is 0 Å². The minimum Gasteiger partial charge on any atom is -0.430 e. The molecule has 5 nitrogen and oxygen atoms in total. The van der Waals surface area contributed by atoms with Crippen molar-refractivity contribution in [2.75, 3.05) is 13.7 Å². The van der Waals surface area contributed by atoms with Crippen molar-refractivity contribution in [3.05, 3.63) is 34.6 Å². The second kappa shape index (κ2) is 6.48. The molecule has 0 saturated carbocycles. The van der Waals surface area contributed by atoms with Crippen molar-refractivity contribution in [3.63, 3.8) is 0 Å². The lowest BCUT2D eigenvalue weighted by molar-refractivity contribution is 0.200. The van der Waals surface area contributed by atoms with Gasteiger partial charge in [0.25, 0.3) is 5.19 Å². The number of benzene rings is 1. The molecule has 0 saturated heterocycles. The monoisotopic (exact) mass is 295 g/mol. The normalized spacial score (nSPS) is 10.2. The number of hydrogen-bond acceptors (Lipinski definition) is 6. The summed E-state index contributed by atoms with van der Waals surface area (Å²) in [5.74, 6) is 1.21. The van der Waals surface area contributed by atoms with Crippen LogP contribution in [0.3, 0.4) is 0 Å². The zero-order chi connectivity index (χ0) is 13.7. The van der Waals surface area contributed by atoms with E-state index >= 15 is 0 Å². The summed E-state index contributed by atoms with van der Waals surface area (Å²) >= 11 is 7.08. The van der Waals surface area contributed by atoms with Gasteiger partial charge in [-0.3, -0.25) is 0 Å². The molecule has 1 heterocycles. The summed E-state index contributed by atoms with van der Waals surface area (Å²) in [4.78, 5) is 4.21. The van der Waals surface area contributed by atoms with Gasteiger partial charge in [-0.05, 0) is 12.1 Å². The van der Waals surface area contributed by atoms with Crippen LogP contribution in [0, 0.1) is 11.3 Å². The number of methoxy groups -OCH3 is 1. The molecule has 0 bridgehead atoms. The molecule has 0 aliphatic carbocycles. The third kappa shape index (κ3) is 3.64. The van der Waals surface area contributed by atoms with Gasteiger partial charge in [-0.15, -0.1) is 0 Å². The fraction of sp³-hybridized carbons (Fsp3) is 0.250. The van der Waals surface area contributed by atoms with Gasteiger partial charge in [-0.25, -0.2) is 0 Å². The molecule has 0 unspecified atom stereocenters. The van der Waals surface area contributed by atoms with E-state index in [1.807, 2.05) is 6.07 Å². The Morgan fingerprint density at radius 3 is 3.00 bits per heavy atom. The number of halogens is 1. The van der Waals surface area contributed by atoms with Crippen LogP contribution < -0.4 is 4.74 Å². The van der Waals surface area contributed by atoms with Gasteiger partial charge in [0.15, 0.2) is 0 Å². The first-order valence-corrected chi connectivity index (χ1v) is 6.57. The second-order valence-corrected chi connectivity index (χ2v) is 4.70. The average molecular weight is 296 g/mol. The van der Waals surface area contributed by atoms with E-state index in [0.717, 1.165) is 11.5 Å². The van der Waals surface area contributed by atoms with Crippen molar-refractivity contribution in [3.8, 4) is 17.0 Å². The number of aromatic nitrogens is 2. The van der Waals surface area contributed by atoms with Crippen LogP contribution in [-0.2, 0) is 11.2 Å². The highest BCUT2D eigenvalue weighted by Crippen LogP contribution is 2.27. The van der Waals surface area contributed by atoms with E-state index in [1.54, 1.807) is 25.3 Å². The minimum atomic E-state index is 0.351. The Hall–Kier alpha value is -1.68. The molecule has 0 radical (unpaired) electrons. The van der Waals surface area contributed by atoms with Gasteiger partial charge < -0.3 is 9.47 Å². The Balaban J connectivity index is 2.07. The summed E-state index contributed by atoms with van der Waals surface area (Å²) in [6, 6.07) is 6.84. The summed E-state index contributed by atoms with van der Waals surface area (Å²) in [7, 11) is 1.63. The van der Waals surface area contributed by atoms with Gasteiger partial charge in [0.05, 0.1) is 17.2 Å². The number of nitrogens with zero attached hydrogens (tertiary/aromatic N) is 3. The van der Waals surface area contributed by atoms with E-state index in [0.29, 0.717) is 40.4 Å². The third-order valence-corrected chi connectivity index (χ3v) is 3.19. The van der Waals surface area contributed by atoms with Gasteiger partial charge in [-0.1, -0.05) is 11.6 Å². The summed E-state index contributed by atoms with van der Waals surface area (Å²) in [5, 5.41) is 9.57. The molecule has 0 N–H and O–H groups in total. The SMILES string of the molecule is COCCc1nsc(Oc2ccc(C#N)c(Cl)c2)n1. The highest BCUT2D eigenvalue weighted by Gasteiger charge is 2.08. The Morgan fingerprint density at radius 1 is 1.47 bits per heavy atom. The Labute approximate surface area is 119 Å². The first-order valence-electron chi connectivity index (χ1n) is 5.42. The van der Waals surface area contributed by atoms with Gasteiger partial charge in [0.1, 0.15) is 17.6 Å². The van der Waals surface area contributed by atoms with Gasteiger partial charge in [0, 0.05) is 31.1 Å². The lowest BCUT2D eigenvalue weighted by atomic mass is 10.2. The summed E-state index contributed by atoms with van der Waals surface area (Å²) in [6.07, 6.45) is 0.643. The van der Waals surface area contributed by atoms with Crippen LogP contribution in [0.1, 0.15) is 11.4 Å². The number of hydrogen-bond donors (Lipinski definition) is 0. The largest absolute Gasteiger partial charge is 0.430 e. The van der Waals surface area contributed by atoms with Crippen molar-refractivity contribution in [1.29, 1.82) is 5.26 Å². The van der Waals surface area contributed by atoms with Crippen molar-refractivity contribution < 1.29 is 9.47 Å². The fourth-order valence-corrected chi connectivity index (χ4v) is 2.13. The zero-order valence-corrected chi connectivity index (χ0v) is 11.7. The molecule has 1 aromatic carbocycles. The second-order valence-electron chi connectivity index (χ2n) is 3.57. The smallest absolute Gasteiger partial charge is 0.298 e. The summed E-state index contributed by atoms with van der Waals surface area (Å²) in [5.41, 5.74) is 0.409. The minimum absolute atomic E-state index is 0.351.